The zero-order valence-corrected chi connectivity index (χ0v) is 10.3. The third-order valence-electron chi connectivity index (χ3n) is 3.01. The van der Waals surface area contributed by atoms with Gasteiger partial charge in [-0.2, -0.15) is 0 Å². The summed E-state index contributed by atoms with van der Waals surface area (Å²) < 4.78 is 5.57. The van der Waals surface area contributed by atoms with Crippen LogP contribution in [-0.4, -0.2) is 17.7 Å². The van der Waals surface area contributed by atoms with E-state index in [0.29, 0.717) is 6.61 Å². The summed E-state index contributed by atoms with van der Waals surface area (Å²) >= 11 is 0. The Kier molecular flexibility index (Phi) is 3.71. The van der Waals surface area contributed by atoms with Crippen molar-refractivity contribution in [3.8, 4) is 0 Å². The Labute approximate surface area is 102 Å². The summed E-state index contributed by atoms with van der Waals surface area (Å²) in [4.78, 5) is 4.12. The summed E-state index contributed by atoms with van der Waals surface area (Å²) in [5.41, 5.74) is 7.36. The van der Waals surface area contributed by atoms with Gasteiger partial charge in [-0.3, -0.25) is 4.98 Å². The molecule has 1 aromatic carbocycles. The minimum atomic E-state index is -0.110. The lowest BCUT2D eigenvalue weighted by molar-refractivity contribution is 0.0578. The van der Waals surface area contributed by atoms with E-state index in [1.807, 2.05) is 38.2 Å². The molecule has 0 aliphatic carbocycles. The van der Waals surface area contributed by atoms with Crippen molar-refractivity contribution in [2.24, 2.45) is 5.73 Å². The van der Waals surface area contributed by atoms with Crippen LogP contribution in [0.4, 0.5) is 0 Å². The highest BCUT2D eigenvalue weighted by molar-refractivity contribution is 5.85. The van der Waals surface area contributed by atoms with Gasteiger partial charge in [-0.25, -0.2) is 0 Å². The molecule has 2 rings (SSSR count). The average Bonchev–Trinajstić information content (AvgIpc) is 2.37. The maximum absolute atomic E-state index is 6.25. The number of hydrogen-bond acceptors (Lipinski definition) is 3. The fourth-order valence-electron chi connectivity index (χ4n) is 2.06. The molecule has 3 nitrogen and oxygen atoms in total. The Hall–Kier alpha value is -1.45. The van der Waals surface area contributed by atoms with Gasteiger partial charge in [-0.05, 0) is 30.9 Å². The number of ether oxygens (including phenoxy) is 1. The highest BCUT2D eigenvalue weighted by Crippen LogP contribution is 2.25. The Morgan fingerprint density at radius 3 is 2.94 bits per heavy atom. The first-order valence-corrected chi connectivity index (χ1v) is 5.94. The standard InChI is InChI=1S/C14H18N2O/c1-3-17-10(2)14(15)13-6-4-5-11-9-16-8-7-12(11)13/h4-10,14H,3,15H2,1-2H3. The number of nitrogens with two attached hydrogens (primary N) is 1. The van der Waals surface area contributed by atoms with Gasteiger partial charge < -0.3 is 10.5 Å². The summed E-state index contributed by atoms with van der Waals surface area (Å²) in [5, 5.41) is 2.27. The van der Waals surface area contributed by atoms with Gasteiger partial charge in [0.1, 0.15) is 0 Å². The van der Waals surface area contributed by atoms with Crippen LogP contribution in [0.5, 0.6) is 0 Å². The monoisotopic (exact) mass is 230 g/mol. The molecule has 90 valence electrons. The van der Waals surface area contributed by atoms with Crippen molar-refractivity contribution in [1.29, 1.82) is 0 Å². The van der Waals surface area contributed by atoms with E-state index in [1.54, 1.807) is 6.20 Å². The van der Waals surface area contributed by atoms with Gasteiger partial charge in [0, 0.05) is 24.4 Å². The quantitative estimate of drug-likeness (QED) is 0.878. The molecule has 1 heterocycles. The minimum Gasteiger partial charge on any atom is -0.377 e. The molecule has 0 saturated carbocycles. The lowest BCUT2D eigenvalue weighted by Crippen LogP contribution is -2.26. The second-order valence-corrected chi connectivity index (χ2v) is 4.13. The molecule has 0 spiro atoms. The number of pyridine rings is 1. The summed E-state index contributed by atoms with van der Waals surface area (Å²) in [6.45, 7) is 4.67. The van der Waals surface area contributed by atoms with Gasteiger partial charge in [-0.1, -0.05) is 18.2 Å². The summed E-state index contributed by atoms with van der Waals surface area (Å²) in [6.07, 6.45) is 3.67. The van der Waals surface area contributed by atoms with Gasteiger partial charge in [0.25, 0.3) is 0 Å². The third kappa shape index (κ3) is 2.46. The number of fused-ring (bicyclic) bond motifs is 1. The van der Waals surface area contributed by atoms with E-state index in [4.69, 9.17) is 10.5 Å². The highest BCUT2D eigenvalue weighted by Gasteiger charge is 2.16. The number of hydrogen-bond donors (Lipinski definition) is 1. The van der Waals surface area contributed by atoms with Gasteiger partial charge in [-0.15, -0.1) is 0 Å². The van der Waals surface area contributed by atoms with Gasteiger partial charge in [0.2, 0.25) is 0 Å². The largest absolute Gasteiger partial charge is 0.377 e. The van der Waals surface area contributed by atoms with Crippen LogP contribution < -0.4 is 5.73 Å². The number of rotatable bonds is 4. The van der Waals surface area contributed by atoms with Crippen LogP contribution in [0.1, 0.15) is 25.5 Å². The minimum absolute atomic E-state index is 0.0127. The van der Waals surface area contributed by atoms with Crippen LogP contribution >= 0.6 is 0 Å². The fraction of sp³-hybridized carbons (Fsp3) is 0.357. The van der Waals surface area contributed by atoms with Crippen molar-refractivity contribution in [3.05, 3.63) is 42.2 Å². The van der Waals surface area contributed by atoms with E-state index < -0.39 is 0 Å². The topological polar surface area (TPSA) is 48.1 Å². The van der Waals surface area contributed by atoms with Gasteiger partial charge >= 0.3 is 0 Å². The number of nitrogens with zero attached hydrogens (tertiary/aromatic N) is 1. The lowest BCUT2D eigenvalue weighted by atomic mass is 9.97. The van der Waals surface area contributed by atoms with Crippen molar-refractivity contribution in [2.75, 3.05) is 6.61 Å². The predicted molar refractivity (Wildman–Crippen MR) is 69.8 cm³/mol. The van der Waals surface area contributed by atoms with E-state index in [1.165, 1.54) is 0 Å². The Morgan fingerprint density at radius 1 is 1.35 bits per heavy atom. The van der Waals surface area contributed by atoms with Crippen LogP contribution in [-0.2, 0) is 4.74 Å². The molecule has 1 aromatic heterocycles. The van der Waals surface area contributed by atoms with Crippen LogP contribution in [0, 0.1) is 0 Å². The van der Waals surface area contributed by atoms with Crippen molar-refractivity contribution in [1.82, 2.24) is 4.98 Å². The molecule has 2 atom stereocenters. The second-order valence-electron chi connectivity index (χ2n) is 4.13. The maximum atomic E-state index is 6.25. The molecule has 0 fully saturated rings. The Bertz CT molecular complexity index is 493. The highest BCUT2D eigenvalue weighted by atomic mass is 16.5. The molecular formula is C14H18N2O. The van der Waals surface area contributed by atoms with Crippen LogP contribution in [0.2, 0.25) is 0 Å². The molecule has 17 heavy (non-hydrogen) atoms. The maximum Gasteiger partial charge on any atom is 0.0739 e. The van der Waals surface area contributed by atoms with Gasteiger partial charge in [0.15, 0.2) is 0 Å². The predicted octanol–water partition coefficient (Wildman–Crippen LogP) is 2.66. The van der Waals surface area contributed by atoms with Gasteiger partial charge in [0.05, 0.1) is 12.1 Å². The van der Waals surface area contributed by atoms with E-state index in [0.717, 1.165) is 16.3 Å². The fourth-order valence-corrected chi connectivity index (χ4v) is 2.06. The average molecular weight is 230 g/mol. The smallest absolute Gasteiger partial charge is 0.0739 e. The molecule has 0 saturated heterocycles. The van der Waals surface area contributed by atoms with Crippen LogP contribution in [0.25, 0.3) is 10.8 Å². The van der Waals surface area contributed by atoms with E-state index in [-0.39, 0.29) is 12.1 Å². The second kappa shape index (κ2) is 5.25. The van der Waals surface area contributed by atoms with Crippen molar-refractivity contribution >= 4 is 10.8 Å². The lowest BCUT2D eigenvalue weighted by Gasteiger charge is -2.21. The molecule has 0 aliphatic heterocycles. The van der Waals surface area contributed by atoms with Crippen molar-refractivity contribution in [2.45, 2.75) is 26.0 Å². The number of benzene rings is 1. The zero-order chi connectivity index (χ0) is 12.3. The van der Waals surface area contributed by atoms with Crippen LogP contribution in [0.15, 0.2) is 36.7 Å². The van der Waals surface area contributed by atoms with Crippen molar-refractivity contribution < 1.29 is 4.74 Å². The SMILES string of the molecule is CCOC(C)C(N)c1cccc2cnccc12. The van der Waals surface area contributed by atoms with Crippen LogP contribution in [0.3, 0.4) is 0 Å². The summed E-state index contributed by atoms with van der Waals surface area (Å²) in [5.74, 6) is 0. The molecule has 0 bridgehead atoms. The molecule has 0 radical (unpaired) electrons. The molecule has 0 aliphatic rings. The van der Waals surface area contributed by atoms with E-state index in [9.17, 15) is 0 Å². The molecular weight excluding hydrogens is 212 g/mol. The summed E-state index contributed by atoms with van der Waals surface area (Å²) in [6, 6.07) is 8.01. The van der Waals surface area contributed by atoms with E-state index in [2.05, 4.69) is 11.1 Å². The first-order chi connectivity index (χ1) is 8.24. The molecule has 2 aromatic rings. The first kappa shape index (κ1) is 12.0. The van der Waals surface area contributed by atoms with Crippen molar-refractivity contribution in [3.63, 3.8) is 0 Å². The normalized spacial score (nSPS) is 14.8. The number of aromatic nitrogens is 1. The zero-order valence-electron chi connectivity index (χ0n) is 10.3. The third-order valence-corrected chi connectivity index (χ3v) is 3.01. The molecule has 2 N–H and O–H groups in total. The first-order valence-electron chi connectivity index (χ1n) is 5.94. The molecule has 0 amide bonds. The Balaban J connectivity index is 2.41. The molecule has 2 unspecified atom stereocenters. The molecule has 3 heteroatoms. The summed E-state index contributed by atoms with van der Waals surface area (Å²) in [7, 11) is 0. The Morgan fingerprint density at radius 2 is 2.18 bits per heavy atom. The van der Waals surface area contributed by atoms with E-state index >= 15 is 0 Å².